The summed E-state index contributed by atoms with van der Waals surface area (Å²) in [7, 11) is -4.02. The van der Waals surface area contributed by atoms with Gasteiger partial charge >= 0.3 is 11.9 Å². The number of carbonyl (C=O) groups excluding carboxylic acids is 2. The van der Waals surface area contributed by atoms with Gasteiger partial charge in [-0.1, -0.05) is 17.7 Å². The fraction of sp³-hybridized carbons (Fsp3) is 0.467. The van der Waals surface area contributed by atoms with Crippen LogP contribution in [-0.4, -0.2) is 43.7 Å². The summed E-state index contributed by atoms with van der Waals surface area (Å²) in [6, 6.07) is 5.99. The quantitative estimate of drug-likeness (QED) is 0.452. The molecule has 3 N–H and O–H groups in total. The number of aryl methyl sites for hydroxylation is 1. The Morgan fingerprint density at radius 1 is 1.08 bits per heavy atom. The van der Waals surface area contributed by atoms with Gasteiger partial charge in [-0.2, -0.15) is 8.42 Å². The lowest BCUT2D eigenvalue weighted by atomic mass is 10.1. The predicted octanol–water partition coefficient (Wildman–Crippen LogP) is 1.07. The van der Waals surface area contributed by atoms with Crippen molar-refractivity contribution in [1.82, 2.24) is 0 Å². The lowest BCUT2D eigenvalue weighted by Gasteiger charge is -2.19. The third kappa shape index (κ3) is 7.07. The first-order chi connectivity index (χ1) is 11.0. The second-order valence-electron chi connectivity index (χ2n) is 4.93. The topological polar surface area (TPSA) is 133 Å². The summed E-state index contributed by atoms with van der Waals surface area (Å²) in [5.41, 5.74) is 4.68. The van der Waals surface area contributed by atoms with Crippen molar-refractivity contribution in [2.24, 2.45) is 5.73 Å². The molecule has 8 nitrogen and oxygen atoms in total. The van der Waals surface area contributed by atoms with Crippen molar-refractivity contribution in [3.63, 3.8) is 0 Å². The molecule has 0 saturated heterocycles. The van der Waals surface area contributed by atoms with Crippen LogP contribution in [0.2, 0.25) is 0 Å². The van der Waals surface area contributed by atoms with E-state index in [1.807, 2.05) is 6.92 Å². The Labute approximate surface area is 141 Å². The molecule has 0 unspecified atom stereocenters. The third-order valence-corrected chi connectivity index (χ3v) is 3.59. The molecular formula is C15H23NO7S. The minimum atomic E-state index is -4.02. The molecule has 0 amide bonds. The molecule has 0 atom stereocenters. The van der Waals surface area contributed by atoms with Gasteiger partial charge in [-0.05, 0) is 39.8 Å². The van der Waals surface area contributed by atoms with Crippen LogP contribution >= 0.6 is 0 Å². The first-order valence-electron chi connectivity index (χ1n) is 7.14. The number of carbonyl (C=O) groups is 2. The average molecular weight is 361 g/mol. The highest BCUT2D eigenvalue weighted by atomic mass is 32.2. The van der Waals surface area contributed by atoms with Crippen molar-refractivity contribution in [1.29, 1.82) is 0 Å². The highest BCUT2D eigenvalue weighted by Crippen LogP contribution is 2.08. The first kappa shape index (κ1) is 22.0. The van der Waals surface area contributed by atoms with Crippen LogP contribution in [-0.2, 0) is 29.2 Å². The van der Waals surface area contributed by atoms with E-state index in [9.17, 15) is 18.0 Å². The van der Waals surface area contributed by atoms with Crippen LogP contribution in [0.25, 0.3) is 0 Å². The Hall–Kier alpha value is -1.97. The van der Waals surface area contributed by atoms with E-state index in [0.717, 1.165) is 5.56 Å². The monoisotopic (exact) mass is 361 g/mol. The van der Waals surface area contributed by atoms with Crippen molar-refractivity contribution in [3.05, 3.63) is 29.8 Å². The first-order valence-corrected chi connectivity index (χ1v) is 8.58. The smallest absolute Gasteiger partial charge is 0.337 e. The largest absolute Gasteiger partial charge is 0.464 e. The minimum Gasteiger partial charge on any atom is -0.464 e. The third-order valence-electron chi connectivity index (χ3n) is 2.72. The number of hydrogen-bond donors (Lipinski definition) is 2. The molecule has 0 aromatic heterocycles. The maximum Gasteiger partial charge on any atom is 0.337 e. The van der Waals surface area contributed by atoms with Crippen LogP contribution in [0.5, 0.6) is 0 Å². The maximum absolute atomic E-state index is 11.1. The molecule has 1 rings (SSSR count). The van der Waals surface area contributed by atoms with E-state index in [-0.39, 0.29) is 18.1 Å². The molecule has 24 heavy (non-hydrogen) atoms. The zero-order valence-corrected chi connectivity index (χ0v) is 14.9. The second kappa shape index (κ2) is 9.36. The SMILES string of the molecule is CCOC(=O)C(C)(N)C(=O)OCC.Cc1ccc(S(=O)(=O)O)cc1. The molecule has 0 aliphatic rings. The Kier molecular flexibility index (Phi) is 8.59. The van der Waals surface area contributed by atoms with Gasteiger partial charge in [-0.25, -0.2) is 9.59 Å². The Bertz CT molecular complexity index is 631. The van der Waals surface area contributed by atoms with Crippen LogP contribution in [0.15, 0.2) is 29.2 Å². The predicted molar refractivity (Wildman–Crippen MR) is 86.9 cm³/mol. The lowest BCUT2D eigenvalue weighted by molar-refractivity contribution is -0.162. The van der Waals surface area contributed by atoms with Gasteiger partial charge in [-0.3, -0.25) is 4.55 Å². The number of benzene rings is 1. The minimum absolute atomic E-state index is 0.0666. The molecule has 1 aromatic carbocycles. The van der Waals surface area contributed by atoms with Gasteiger partial charge in [0.1, 0.15) is 0 Å². The summed E-state index contributed by atoms with van der Waals surface area (Å²) in [5.74, 6) is -1.54. The second-order valence-corrected chi connectivity index (χ2v) is 6.35. The lowest BCUT2D eigenvalue weighted by Crippen LogP contribution is -2.54. The van der Waals surface area contributed by atoms with E-state index >= 15 is 0 Å². The summed E-state index contributed by atoms with van der Waals surface area (Å²) in [6.45, 7) is 6.76. The van der Waals surface area contributed by atoms with Gasteiger partial charge in [0.2, 0.25) is 5.54 Å². The van der Waals surface area contributed by atoms with Gasteiger partial charge in [-0.15, -0.1) is 0 Å². The van der Waals surface area contributed by atoms with Crippen molar-refractivity contribution in [3.8, 4) is 0 Å². The highest BCUT2D eigenvalue weighted by Gasteiger charge is 2.40. The molecule has 0 bridgehead atoms. The maximum atomic E-state index is 11.1. The van der Waals surface area contributed by atoms with E-state index in [2.05, 4.69) is 9.47 Å². The van der Waals surface area contributed by atoms with E-state index in [4.69, 9.17) is 10.3 Å². The standard InChI is InChI=1S/C8H15NO4.C7H8O3S/c1-4-12-6(10)8(3,9)7(11)13-5-2;1-6-2-4-7(5-3-6)11(8,9)10/h4-5,9H2,1-3H3;2-5H,1H3,(H,8,9,10). The molecule has 0 radical (unpaired) electrons. The molecule has 0 spiro atoms. The van der Waals surface area contributed by atoms with Gasteiger partial charge in [0.15, 0.2) is 0 Å². The van der Waals surface area contributed by atoms with Crippen LogP contribution in [0.3, 0.4) is 0 Å². The Balaban J connectivity index is 0.000000446. The van der Waals surface area contributed by atoms with Crippen LogP contribution in [0.1, 0.15) is 26.3 Å². The van der Waals surface area contributed by atoms with Crippen molar-refractivity contribution in [2.75, 3.05) is 13.2 Å². The fourth-order valence-electron chi connectivity index (χ4n) is 1.36. The fourth-order valence-corrected chi connectivity index (χ4v) is 1.84. The summed E-state index contributed by atoms with van der Waals surface area (Å²) >= 11 is 0. The van der Waals surface area contributed by atoms with E-state index in [1.54, 1.807) is 26.0 Å². The van der Waals surface area contributed by atoms with E-state index < -0.39 is 27.6 Å². The zero-order chi connectivity index (χ0) is 19.0. The Morgan fingerprint density at radius 2 is 1.46 bits per heavy atom. The summed E-state index contributed by atoms with van der Waals surface area (Å²) in [5, 5.41) is 0. The summed E-state index contributed by atoms with van der Waals surface area (Å²) in [4.78, 5) is 22.2. The molecular weight excluding hydrogens is 338 g/mol. The number of nitrogens with two attached hydrogens (primary N) is 1. The molecule has 0 saturated carbocycles. The molecule has 0 fully saturated rings. The molecule has 0 heterocycles. The number of hydrogen-bond acceptors (Lipinski definition) is 7. The van der Waals surface area contributed by atoms with Gasteiger partial charge in [0, 0.05) is 0 Å². The molecule has 9 heteroatoms. The van der Waals surface area contributed by atoms with Crippen molar-refractivity contribution < 1.29 is 32.0 Å². The van der Waals surface area contributed by atoms with Gasteiger partial charge < -0.3 is 15.2 Å². The molecule has 1 aromatic rings. The number of rotatable bonds is 5. The van der Waals surface area contributed by atoms with Crippen molar-refractivity contribution in [2.45, 2.75) is 38.1 Å². The van der Waals surface area contributed by atoms with Crippen molar-refractivity contribution >= 4 is 22.1 Å². The zero-order valence-electron chi connectivity index (χ0n) is 14.1. The highest BCUT2D eigenvalue weighted by molar-refractivity contribution is 7.85. The summed E-state index contributed by atoms with van der Waals surface area (Å²) < 4.78 is 38.8. The van der Waals surface area contributed by atoms with E-state index in [0.29, 0.717) is 0 Å². The number of esters is 2. The van der Waals surface area contributed by atoms with Crippen LogP contribution in [0, 0.1) is 6.92 Å². The van der Waals surface area contributed by atoms with Crippen LogP contribution < -0.4 is 5.73 Å². The molecule has 0 aliphatic carbocycles. The number of ether oxygens (including phenoxy) is 2. The molecule has 0 aliphatic heterocycles. The van der Waals surface area contributed by atoms with Gasteiger partial charge in [0.25, 0.3) is 10.1 Å². The normalized spacial score (nSPS) is 11.1. The average Bonchev–Trinajstić information content (AvgIpc) is 2.47. The summed E-state index contributed by atoms with van der Waals surface area (Å²) in [6.07, 6.45) is 0. The van der Waals surface area contributed by atoms with E-state index in [1.165, 1.54) is 19.1 Å². The van der Waals surface area contributed by atoms with Crippen LogP contribution in [0.4, 0.5) is 0 Å². The Morgan fingerprint density at radius 3 is 1.75 bits per heavy atom. The molecule has 136 valence electrons. The van der Waals surface area contributed by atoms with Gasteiger partial charge in [0.05, 0.1) is 18.1 Å².